The fourth-order valence-corrected chi connectivity index (χ4v) is 1.86. The number of nitrogens with zero attached hydrogens (tertiary/aromatic N) is 2. The molecule has 1 aromatic heterocycles. The minimum Gasteiger partial charge on any atom is -0.410 e. The van der Waals surface area contributed by atoms with E-state index in [-0.39, 0.29) is 0 Å². The van der Waals surface area contributed by atoms with Crippen molar-refractivity contribution in [1.82, 2.24) is 4.98 Å². The Morgan fingerprint density at radius 2 is 2.00 bits per heavy atom. The van der Waals surface area contributed by atoms with E-state index in [4.69, 9.17) is 16.8 Å². The molecule has 0 fully saturated rings. The summed E-state index contributed by atoms with van der Waals surface area (Å²) in [6.45, 7) is 2.00. The lowest BCUT2D eigenvalue weighted by atomic mass is 10.2. The van der Waals surface area contributed by atoms with Gasteiger partial charge in [0.25, 0.3) is 0 Å². The molecule has 4 nitrogen and oxygen atoms in total. The van der Waals surface area contributed by atoms with Crippen molar-refractivity contribution in [1.29, 1.82) is 0 Å². The average molecular weight is 270 g/mol. The first-order valence-electron chi connectivity index (χ1n) is 4.73. The fourth-order valence-electron chi connectivity index (χ4n) is 1.12. The van der Waals surface area contributed by atoms with Gasteiger partial charge in [0.05, 0.1) is 10.7 Å². The third kappa shape index (κ3) is 4.42. The smallest absolute Gasteiger partial charge is 0.125 e. The Balaban J connectivity index is 0.000000317. The summed E-state index contributed by atoms with van der Waals surface area (Å²) in [4.78, 5) is 4.39. The number of rotatable bonds is 1. The number of hydrogen-bond acceptors (Lipinski definition) is 4. The Kier molecular flexibility index (Phi) is 5.45. The highest BCUT2D eigenvalue weighted by Gasteiger charge is 2.00. The summed E-state index contributed by atoms with van der Waals surface area (Å²) in [5, 5.41) is 13.6. The number of aryl methyl sites for hydroxylation is 1. The van der Waals surface area contributed by atoms with Crippen LogP contribution < -0.4 is 5.73 Å². The van der Waals surface area contributed by atoms with E-state index in [1.807, 2.05) is 31.2 Å². The summed E-state index contributed by atoms with van der Waals surface area (Å²) >= 11 is 7.45. The van der Waals surface area contributed by atoms with Crippen LogP contribution in [0.25, 0.3) is 11.3 Å². The number of halogens is 1. The quantitative estimate of drug-likeness (QED) is 0.362. The van der Waals surface area contributed by atoms with Crippen LogP contribution >= 0.6 is 22.9 Å². The second kappa shape index (κ2) is 6.88. The summed E-state index contributed by atoms with van der Waals surface area (Å²) in [7, 11) is 0. The predicted octanol–water partition coefficient (Wildman–Crippen LogP) is 3.13. The standard InChI is InChI=1S/C10H8ClNS.CH4N2O/c1-7-12-10(6-13-7)8-2-4-9(11)5-3-8;2-1-3-4/h2-6H,1H3;1,4H,(H2,2,3). The molecule has 0 atom stereocenters. The molecule has 0 unspecified atom stereocenters. The molecule has 3 N–H and O–H groups in total. The van der Waals surface area contributed by atoms with Crippen LogP contribution in [0.1, 0.15) is 5.01 Å². The molecule has 0 aliphatic rings. The van der Waals surface area contributed by atoms with E-state index in [1.54, 1.807) is 11.3 Å². The predicted molar refractivity (Wildman–Crippen MR) is 71.8 cm³/mol. The van der Waals surface area contributed by atoms with E-state index in [0.717, 1.165) is 27.6 Å². The van der Waals surface area contributed by atoms with Crippen LogP contribution in [0.3, 0.4) is 0 Å². The Morgan fingerprint density at radius 3 is 2.41 bits per heavy atom. The molecular weight excluding hydrogens is 258 g/mol. The molecule has 0 aliphatic heterocycles. The number of aromatic nitrogens is 1. The first-order valence-corrected chi connectivity index (χ1v) is 5.99. The molecule has 0 saturated heterocycles. The zero-order valence-electron chi connectivity index (χ0n) is 9.17. The number of hydrogen-bond donors (Lipinski definition) is 2. The summed E-state index contributed by atoms with van der Waals surface area (Å²) in [6.07, 6.45) is 0.806. The Bertz CT molecular complexity index is 478. The van der Waals surface area contributed by atoms with Crippen molar-refractivity contribution in [3.8, 4) is 11.3 Å². The molecule has 1 aromatic carbocycles. The van der Waals surface area contributed by atoms with Gasteiger partial charge in [-0.25, -0.2) is 4.98 Å². The second-order valence-electron chi connectivity index (χ2n) is 3.02. The molecular formula is C11H12ClN3OS. The lowest BCUT2D eigenvalue weighted by Gasteiger charge is -1.95. The summed E-state index contributed by atoms with van der Waals surface area (Å²) < 4.78 is 0. The maximum atomic E-state index is 7.32. The lowest BCUT2D eigenvalue weighted by Crippen LogP contribution is -1.85. The molecule has 0 aliphatic carbocycles. The van der Waals surface area contributed by atoms with Gasteiger partial charge in [-0.15, -0.1) is 11.3 Å². The summed E-state index contributed by atoms with van der Waals surface area (Å²) in [6, 6.07) is 7.73. The Labute approximate surface area is 108 Å². The molecule has 0 saturated carbocycles. The highest BCUT2D eigenvalue weighted by atomic mass is 35.5. The number of thiazole rings is 1. The summed E-state index contributed by atoms with van der Waals surface area (Å²) in [5.74, 6) is 0. The van der Waals surface area contributed by atoms with Gasteiger partial charge in [-0.2, -0.15) is 0 Å². The molecule has 1 heterocycles. The van der Waals surface area contributed by atoms with Gasteiger partial charge in [-0.05, 0) is 19.1 Å². The van der Waals surface area contributed by atoms with Crippen LogP contribution in [0.4, 0.5) is 0 Å². The minimum absolute atomic E-state index is 0.760. The van der Waals surface area contributed by atoms with Crippen molar-refractivity contribution in [3.63, 3.8) is 0 Å². The summed E-state index contributed by atoms with van der Waals surface area (Å²) in [5.41, 5.74) is 6.63. The van der Waals surface area contributed by atoms with Gasteiger partial charge in [-0.1, -0.05) is 28.9 Å². The third-order valence-corrected chi connectivity index (χ3v) is 2.85. The van der Waals surface area contributed by atoms with Gasteiger partial charge in [0.2, 0.25) is 0 Å². The van der Waals surface area contributed by atoms with Gasteiger partial charge in [-0.3, -0.25) is 0 Å². The van der Waals surface area contributed by atoms with Crippen molar-refractivity contribution in [2.24, 2.45) is 10.9 Å². The molecule has 2 aromatic rings. The monoisotopic (exact) mass is 269 g/mol. The van der Waals surface area contributed by atoms with Gasteiger partial charge in [0.15, 0.2) is 0 Å². The van der Waals surface area contributed by atoms with Crippen molar-refractivity contribution in [3.05, 3.63) is 39.7 Å². The lowest BCUT2D eigenvalue weighted by molar-refractivity contribution is 0.321. The molecule has 0 radical (unpaired) electrons. The van der Waals surface area contributed by atoms with Crippen molar-refractivity contribution < 1.29 is 5.21 Å². The topological polar surface area (TPSA) is 71.5 Å². The van der Waals surface area contributed by atoms with Gasteiger partial charge in [0.1, 0.15) is 6.34 Å². The maximum absolute atomic E-state index is 7.32. The van der Waals surface area contributed by atoms with Crippen molar-refractivity contribution >= 4 is 29.3 Å². The van der Waals surface area contributed by atoms with Gasteiger partial charge >= 0.3 is 0 Å². The Morgan fingerprint density at radius 1 is 1.41 bits per heavy atom. The molecule has 90 valence electrons. The molecule has 6 heteroatoms. The SMILES string of the molecule is Cc1nc(-c2ccc(Cl)cc2)cs1.N/C=N/O. The highest BCUT2D eigenvalue weighted by Crippen LogP contribution is 2.22. The van der Waals surface area contributed by atoms with Gasteiger partial charge in [0, 0.05) is 16.0 Å². The van der Waals surface area contributed by atoms with Crippen LogP contribution in [0.2, 0.25) is 5.02 Å². The van der Waals surface area contributed by atoms with Crippen molar-refractivity contribution in [2.75, 3.05) is 0 Å². The first kappa shape index (κ1) is 13.5. The van der Waals surface area contributed by atoms with Gasteiger partial charge < -0.3 is 10.9 Å². The molecule has 17 heavy (non-hydrogen) atoms. The van der Waals surface area contributed by atoms with Crippen LogP contribution in [0.15, 0.2) is 34.8 Å². The number of benzene rings is 1. The number of nitrogens with two attached hydrogens (primary N) is 1. The minimum atomic E-state index is 0.760. The zero-order valence-corrected chi connectivity index (χ0v) is 10.7. The normalized spacial score (nSPS) is 10.0. The van der Waals surface area contributed by atoms with E-state index < -0.39 is 0 Å². The fraction of sp³-hybridized carbons (Fsp3) is 0.0909. The van der Waals surface area contributed by atoms with E-state index in [1.165, 1.54) is 0 Å². The Hall–Kier alpha value is -1.59. The van der Waals surface area contributed by atoms with Crippen LogP contribution in [0.5, 0.6) is 0 Å². The van der Waals surface area contributed by atoms with Crippen LogP contribution in [-0.2, 0) is 0 Å². The maximum Gasteiger partial charge on any atom is 0.125 e. The van der Waals surface area contributed by atoms with E-state index in [0.29, 0.717) is 0 Å². The van der Waals surface area contributed by atoms with E-state index in [9.17, 15) is 0 Å². The molecule has 2 rings (SSSR count). The second-order valence-corrected chi connectivity index (χ2v) is 4.52. The number of oxime groups is 1. The van der Waals surface area contributed by atoms with E-state index >= 15 is 0 Å². The molecule has 0 bridgehead atoms. The molecule has 0 amide bonds. The average Bonchev–Trinajstić information content (AvgIpc) is 2.77. The largest absolute Gasteiger partial charge is 0.410 e. The van der Waals surface area contributed by atoms with Crippen LogP contribution in [-0.4, -0.2) is 16.5 Å². The highest BCUT2D eigenvalue weighted by molar-refractivity contribution is 7.09. The van der Waals surface area contributed by atoms with E-state index in [2.05, 4.69) is 21.3 Å². The van der Waals surface area contributed by atoms with Crippen molar-refractivity contribution in [2.45, 2.75) is 6.92 Å². The zero-order chi connectivity index (χ0) is 12.7. The first-order chi connectivity index (χ1) is 8.17. The van der Waals surface area contributed by atoms with Crippen LogP contribution in [0, 0.1) is 6.92 Å². The molecule has 0 spiro atoms. The third-order valence-electron chi connectivity index (χ3n) is 1.83.